The predicted octanol–water partition coefficient (Wildman–Crippen LogP) is 4.00. The van der Waals surface area contributed by atoms with Crippen molar-refractivity contribution in [1.82, 2.24) is 0 Å². The first kappa shape index (κ1) is 15.4. The molecule has 0 aromatic rings. The molecule has 0 N–H and O–H groups in total. The lowest BCUT2D eigenvalue weighted by Gasteiger charge is -2.57. The van der Waals surface area contributed by atoms with Gasteiger partial charge in [-0.1, -0.05) is 19.1 Å². The van der Waals surface area contributed by atoms with Gasteiger partial charge in [0.25, 0.3) is 0 Å². The van der Waals surface area contributed by atoms with E-state index in [0.717, 1.165) is 19.3 Å². The first-order valence-corrected chi connectivity index (χ1v) is 10.3. The number of ketones is 1. The summed E-state index contributed by atoms with van der Waals surface area (Å²) in [6.45, 7) is 6.77. The maximum absolute atomic E-state index is 12.0. The average molecular weight is 350 g/mol. The van der Waals surface area contributed by atoms with Crippen LogP contribution in [0.3, 0.4) is 0 Å². The van der Waals surface area contributed by atoms with Crippen molar-refractivity contribution in [3.05, 3.63) is 36.0 Å². The maximum atomic E-state index is 12.0. The minimum Gasteiger partial charge on any atom is -0.451 e. The molecule has 4 saturated carbocycles. The Balaban J connectivity index is 1.41. The molecule has 0 amide bonds. The standard InChI is InChI=1S/C23H26O3/c1-12-9-17-15(14-4-3-13(24)10-16(12)14)5-7-22(2)21(17)18-11-19(18)23(22)8-6-20(25)26-23/h6,8,10,14-15,17-19,21H,1,3-5,7,9,11H2,2H3/t14-,15?,17?,18+,19-,21?,22+,23+/m1/s1. The number of esters is 1. The summed E-state index contributed by atoms with van der Waals surface area (Å²) < 4.78 is 6.03. The van der Waals surface area contributed by atoms with Crippen LogP contribution >= 0.6 is 0 Å². The van der Waals surface area contributed by atoms with Crippen molar-refractivity contribution >= 4 is 11.8 Å². The molecule has 0 radical (unpaired) electrons. The lowest BCUT2D eigenvalue weighted by Crippen LogP contribution is -2.55. The van der Waals surface area contributed by atoms with Gasteiger partial charge in [-0.2, -0.15) is 0 Å². The Morgan fingerprint density at radius 3 is 2.81 bits per heavy atom. The van der Waals surface area contributed by atoms with E-state index in [1.54, 1.807) is 6.08 Å². The zero-order valence-electron chi connectivity index (χ0n) is 15.4. The molecule has 1 spiro atoms. The van der Waals surface area contributed by atoms with Crippen LogP contribution in [0.4, 0.5) is 0 Å². The summed E-state index contributed by atoms with van der Waals surface area (Å²) in [5, 5.41) is 0. The van der Waals surface area contributed by atoms with Crippen LogP contribution < -0.4 is 0 Å². The quantitative estimate of drug-likeness (QED) is 0.620. The molecule has 5 aliphatic carbocycles. The molecular weight excluding hydrogens is 324 g/mol. The predicted molar refractivity (Wildman–Crippen MR) is 96.9 cm³/mol. The maximum Gasteiger partial charge on any atom is 0.331 e. The zero-order valence-corrected chi connectivity index (χ0v) is 15.4. The number of carbonyl (C=O) groups excluding carboxylic acids is 2. The Morgan fingerprint density at radius 1 is 1.19 bits per heavy atom. The number of allylic oxidation sites excluding steroid dienone is 2. The molecule has 26 heavy (non-hydrogen) atoms. The van der Waals surface area contributed by atoms with E-state index in [-0.39, 0.29) is 22.8 Å². The normalized spacial score (nSPS) is 53.6. The second-order valence-corrected chi connectivity index (χ2v) is 9.88. The second kappa shape index (κ2) is 4.61. The number of carbonyl (C=O) groups is 2. The summed E-state index contributed by atoms with van der Waals surface area (Å²) >= 11 is 0. The van der Waals surface area contributed by atoms with Gasteiger partial charge in [-0.3, -0.25) is 4.79 Å². The van der Waals surface area contributed by atoms with E-state index in [0.29, 0.717) is 41.9 Å². The third kappa shape index (κ3) is 1.62. The van der Waals surface area contributed by atoms with Crippen LogP contribution in [0, 0.1) is 40.9 Å². The van der Waals surface area contributed by atoms with Crippen LogP contribution in [0.25, 0.3) is 0 Å². The Labute approximate surface area is 154 Å². The molecule has 136 valence electrons. The van der Waals surface area contributed by atoms with E-state index in [9.17, 15) is 9.59 Å². The molecule has 4 fully saturated rings. The van der Waals surface area contributed by atoms with Crippen LogP contribution in [-0.4, -0.2) is 17.4 Å². The molecule has 0 bridgehead atoms. The average Bonchev–Trinajstić information content (AvgIpc) is 3.24. The van der Waals surface area contributed by atoms with Crippen LogP contribution in [-0.2, 0) is 14.3 Å². The van der Waals surface area contributed by atoms with E-state index in [2.05, 4.69) is 19.6 Å². The number of fused-ring (bicyclic) bond motifs is 9. The lowest BCUT2D eigenvalue weighted by molar-refractivity contribution is -0.167. The van der Waals surface area contributed by atoms with Gasteiger partial charge < -0.3 is 4.74 Å². The Morgan fingerprint density at radius 2 is 2.04 bits per heavy atom. The number of ether oxygens (including phenoxy) is 1. The van der Waals surface area contributed by atoms with Crippen LogP contribution in [0.1, 0.15) is 45.4 Å². The number of hydrogen-bond acceptors (Lipinski definition) is 3. The van der Waals surface area contributed by atoms with Crippen molar-refractivity contribution in [3.8, 4) is 0 Å². The first-order chi connectivity index (χ1) is 12.4. The van der Waals surface area contributed by atoms with Crippen molar-refractivity contribution in [2.45, 2.75) is 51.0 Å². The molecule has 1 aliphatic heterocycles. The Bertz CT molecular complexity index is 819. The highest BCUT2D eigenvalue weighted by molar-refractivity contribution is 5.92. The molecule has 0 saturated heterocycles. The van der Waals surface area contributed by atoms with Crippen LogP contribution in [0.2, 0.25) is 0 Å². The fourth-order valence-electron chi connectivity index (χ4n) is 8.09. The monoisotopic (exact) mass is 350 g/mol. The third-order valence-corrected chi connectivity index (χ3v) is 9.05. The Kier molecular flexibility index (Phi) is 2.73. The summed E-state index contributed by atoms with van der Waals surface area (Å²) in [6, 6.07) is 0. The van der Waals surface area contributed by atoms with Gasteiger partial charge in [-0.25, -0.2) is 4.79 Å². The smallest absolute Gasteiger partial charge is 0.331 e. The fraction of sp³-hybridized carbons (Fsp3) is 0.652. The minimum absolute atomic E-state index is 0.0659. The third-order valence-electron chi connectivity index (χ3n) is 9.05. The summed E-state index contributed by atoms with van der Waals surface area (Å²) in [5.41, 5.74) is 2.19. The van der Waals surface area contributed by atoms with E-state index in [4.69, 9.17) is 4.74 Å². The van der Waals surface area contributed by atoms with Gasteiger partial charge in [0, 0.05) is 23.8 Å². The van der Waals surface area contributed by atoms with E-state index >= 15 is 0 Å². The summed E-state index contributed by atoms with van der Waals surface area (Å²) in [6.07, 6.45) is 11.9. The second-order valence-electron chi connectivity index (χ2n) is 9.88. The fourth-order valence-corrected chi connectivity index (χ4v) is 8.09. The molecule has 8 atom stereocenters. The van der Waals surface area contributed by atoms with Gasteiger partial charge >= 0.3 is 5.97 Å². The summed E-state index contributed by atoms with van der Waals surface area (Å²) in [7, 11) is 0. The van der Waals surface area contributed by atoms with Crippen molar-refractivity contribution in [3.63, 3.8) is 0 Å². The number of hydrogen-bond donors (Lipinski definition) is 0. The highest BCUT2D eigenvalue weighted by Crippen LogP contribution is 2.77. The Hall–Kier alpha value is -1.64. The van der Waals surface area contributed by atoms with Gasteiger partial charge in [-0.05, 0) is 79.4 Å². The molecule has 1 heterocycles. The molecule has 3 nitrogen and oxygen atoms in total. The van der Waals surface area contributed by atoms with Gasteiger partial charge in [-0.15, -0.1) is 0 Å². The zero-order chi connectivity index (χ0) is 17.8. The molecule has 3 heteroatoms. The molecular formula is C23H26O3. The van der Waals surface area contributed by atoms with E-state index < -0.39 is 0 Å². The highest BCUT2D eigenvalue weighted by atomic mass is 16.6. The van der Waals surface area contributed by atoms with Crippen molar-refractivity contribution in [1.29, 1.82) is 0 Å². The van der Waals surface area contributed by atoms with Gasteiger partial charge in [0.15, 0.2) is 5.78 Å². The van der Waals surface area contributed by atoms with Gasteiger partial charge in [0.05, 0.1) is 0 Å². The molecule has 0 aromatic heterocycles. The van der Waals surface area contributed by atoms with Crippen LogP contribution in [0.15, 0.2) is 36.0 Å². The van der Waals surface area contributed by atoms with E-state index in [1.165, 1.54) is 24.0 Å². The SMILES string of the molecule is C=C1CC2C(CC[C@@]3(C)C2[C@H]2C[C@H]2[C@@]32C=CC(=O)O2)[C@H]2CCC(=O)C=C12. The lowest BCUT2D eigenvalue weighted by atomic mass is 9.48. The highest BCUT2D eigenvalue weighted by Gasteiger charge is 2.77. The largest absolute Gasteiger partial charge is 0.451 e. The van der Waals surface area contributed by atoms with Crippen molar-refractivity contribution in [2.24, 2.45) is 40.9 Å². The topological polar surface area (TPSA) is 43.4 Å². The van der Waals surface area contributed by atoms with Crippen LogP contribution in [0.5, 0.6) is 0 Å². The first-order valence-electron chi connectivity index (χ1n) is 10.3. The minimum atomic E-state index is -0.343. The van der Waals surface area contributed by atoms with Gasteiger partial charge in [0.1, 0.15) is 5.60 Å². The molecule has 0 aromatic carbocycles. The molecule has 6 aliphatic rings. The van der Waals surface area contributed by atoms with Crippen molar-refractivity contribution < 1.29 is 14.3 Å². The van der Waals surface area contributed by atoms with Crippen molar-refractivity contribution in [2.75, 3.05) is 0 Å². The van der Waals surface area contributed by atoms with Gasteiger partial charge in [0.2, 0.25) is 0 Å². The molecule has 6 rings (SSSR count). The summed E-state index contributed by atoms with van der Waals surface area (Å²) in [5.74, 6) is 3.82. The van der Waals surface area contributed by atoms with E-state index in [1.807, 2.05) is 6.08 Å². The summed E-state index contributed by atoms with van der Waals surface area (Å²) in [4.78, 5) is 23.9. The molecule has 3 unspecified atom stereocenters. The number of rotatable bonds is 0.